The van der Waals surface area contributed by atoms with E-state index in [1.54, 1.807) is 0 Å². The highest BCUT2D eigenvalue weighted by Crippen LogP contribution is 2.21. The molecule has 2 aliphatic rings. The van der Waals surface area contributed by atoms with Crippen LogP contribution in [0.1, 0.15) is 26.7 Å². The molecule has 4 nitrogen and oxygen atoms in total. The second-order valence-corrected chi connectivity index (χ2v) is 4.18. The van der Waals surface area contributed by atoms with Crippen molar-refractivity contribution in [2.75, 3.05) is 13.3 Å². The Kier molecular flexibility index (Phi) is 2.74. The lowest BCUT2D eigenvalue weighted by Gasteiger charge is -2.28. The average molecular weight is 198 g/mol. The van der Waals surface area contributed by atoms with Gasteiger partial charge in [-0.1, -0.05) is 0 Å². The van der Waals surface area contributed by atoms with Crippen LogP contribution in [0.2, 0.25) is 0 Å². The lowest BCUT2D eigenvalue weighted by molar-refractivity contribution is -0.132. The zero-order chi connectivity index (χ0) is 10.1. The van der Waals surface area contributed by atoms with Crippen LogP contribution in [-0.2, 0) is 9.53 Å². The van der Waals surface area contributed by atoms with Gasteiger partial charge in [0.1, 0.15) is 0 Å². The summed E-state index contributed by atoms with van der Waals surface area (Å²) in [7, 11) is 0. The molecule has 0 spiro atoms. The normalized spacial score (nSPS) is 35.3. The number of carbonyl (C=O) groups excluding carboxylic acids is 1. The number of nitrogens with zero attached hydrogens (tertiary/aromatic N) is 1. The maximum atomic E-state index is 11.7. The molecule has 0 aromatic carbocycles. The van der Waals surface area contributed by atoms with Crippen LogP contribution in [-0.4, -0.2) is 42.3 Å². The molecule has 2 fully saturated rings. The van der Waals surface area contributed by atoms with Crippen LogP contribution in [0.15, 0.2) is 0 Å². The quantitative estimate of drug-likeness (QED) is 0.695. The van der Waals surface area contributed by atoms with Gasteiger partial charge in [-0.05, 0) is 26.7 Å². The van der Waals surface area contributed by atoms with Crippen molar-refractivity contribution in [3.05, 3.63) is 0 Å². The molecule has 0 aromatic rings. The maximum absolute atomic E-state index is 11.7. The van der Waals surface area contributed by atoms with Crippen molar-refractivity contribution in [3.8, 4) is 0 Å². The number of hydrogen-bond acceptors (Lipinski definition) is 3. The molecule has 0 bridgehead atoms. The summed E-state index contributed by atoms with van der Waals surface area (Å²) in [4.78, 5) is 13.6. The minimum atomic E-state index is -0.0288. The van der Waals surface area contributed by atoms with Gasteiger partial charge in [0.15, 0.2) is 0 Å². The van der Waals surface area contributed by atoms with Gasteiger partial charge in [-0.2, -0.15) is 0 Å². The van der Waals surface area contributed by atoms with Gasteiger partial charge in [0.25, 0.3) is 0 Å². The Morgan fingerprint density at radius 2 is 2.43 bits per heavy atom. The van der Waals surface area contributed by atoms with Crippen LogP contribution in [0.5, 0.6) is 0 Å². The van der Waals surface area contributed by atoms with E-state index in [-0.39, 0.29) is 24.1 Å². The third-order valence-electron chi connectivity index (χ3n) is 3.22. The number of ether oxygens (including phenoxy) is 1. The van der Waals surface area contributed by atoms with Crippen molar-refractivity contribution in [1.29, 1.82) is 0 Å². The zero-order valence-corrected chi connectivity index (χ0v) is 8.82. The third-order valence-corrected chi connectivity index (χ3v) is 3.22. The molecule has 4 heteroatoms. The molecule has 2 rings (SSSR count). The number of carbonyl (C=O) groups is 1. The fourth-order valence-corrected chi connectivity index (χ4v) is 2.18. The summed E-state index contributed by atoms with van der Waals surface area (Å²) in [6.45, 7) is 5.50. The number of nitrogens with one attached hydrogen (secondary N) is 1. The van der Waals surface area contributed by atoms with E-state index >= 15 is 0 Å². The molecule has 0 aliphatic carbocycles. The molecule has 14 heavy (non-hydrogen) atoms. The van der Waals surface area contributed by atoms with E-state index in [1.807, 2.05) is 11.8 Å². The predicted octanol–water partition coefficient (Wildman–Crippen LogP) is 0.332. The van der Waals surface area contributed by atoms with E-state index in [0.29, 0.717) is 6.67 Å². The monoisotopic (exact) mass is 198 g/mol. The van der Waals surface area contributed by atoms with E-state index in [0.717, 1.165) is 19.4 Å². The molecule has 0 saturated carbocycles. The SMILES string of the molecule is CC1NCN(C(C)C2CCCO2)C1=O. The highest BCUT2D eigenvalue weighted by atomic mass is 16.5. The lowest BCUT2D eigenvalue weighted by atomic mass is 10.1. The molecule has 2 aliphatic heterocycles. The van der Waals surface area contributed by atoms with Crippen molar-refractivity contribution in [2.24, 2.45) is 0 Å². The van der Waals surface area contributed by atoms with E-state index in [9.17, 15) is 4.79 Å². The van der Waals surface area contributed by atoms with Gasteiger partial charge in [0.2, 0.25) is 5.91 Å². The Hall–Kier alpha value is -0.610. The van der Waals surface area contributed by atoms with Crippen molar-refractivity contribution >= 4 is 5.91 Å². The van der Waals surface area contributed by atoms with Crippen LogP contribution < -0.4 is 5.32 Å². The average Bonchev–Trinajstić information content (AvgIpc) is 2.77. The first-order valence-electron chi connectivity index (χ1n) is 5.35. The van der Waals surface area contributed by atoms with Gasteiger partial charge < -0.3 is 9.64 Å². The highest BCUT2D eigenvalue weighted by Gasteiger charge is 2.35. The predicted molar refractivity (Wildman–Crippen MR) is 52.7 cm³/mol. The van der Waals surface area contributed by atoms with Crippen molar-refractivity contribution < 1.29 is 9.53 Å². The molecular formula is C10H18N2O2. The second kappa shape index (κ2) is 3.87. The molecule has 3 atom stereocenters. The molecule has 0 aromatic heterocycles. The summed E-state index contributed by atoms with van der Waals surface area (Å²) in [6, 6.07) is 0.182. The Morgan fingerprint density at radius 1 is 1.64 bits per heavy atom. The molecule has 80 valence electrons. The molecule has 1 amide bonds. The number of hydrogen-bond donors (Lipinski definition) is 1. The Bertz CT molecular complexity index is 226. The summed E-state index contributed by atoms with van der Waals surface area (Å²) in [5.41, 5.74) is 0. The summed E-state index contributed by atoms with van der Waals surface area (Å²) in [5, 5.41) is 3.14. The topological polar surface area (TPSA) is 41.6 Å². The van der Waals surface area contributed by atoms with Gasteiger partial charge in [-0.25, -0.2) is 0 Å². The van der Waals surface area contributed by atoms with Crippen LogP contribution in [0.25, 0.3) is 0 Å². The van der Waals surface area contributed by atoms with Crippen LogP contribution in [0, 0.1) is 0 Å². The van der Waals surface area contributed by atoms with E-state index in [2.05, 4.69) is 12.2 Å². The van der Waals surface area contributed by atoms with Gasteiger partial charge in [0, 0.05) is 6.61 Å². The molecule has 1 N–H and O–H groups in total. The van der Waals surface area contributed by atoms with E-state index in [4.69, 9.17) is 4.74 Å². The number of amides is 1. The summed E-state index contributed by atoms with van der Waals surface area (Å²) in [5.74, 6) is 0.202. The summed E-state index contributed by atoms with van der Waals surface area (Å²) < 4.78 is 5.59. The third kappa shape index (κ3) is 1.64. The van der Waals surface area contributed by atoms with Crippen LogP contribution in [0.4, 0.5) is 0 Å². The zero-order valence-electron chi connectivity index (χ0n) is 8.82. The Morgan fingerprint density at radius 3 is 2.93 bits per heavy atom. The van der Waals surface area contributed by atoms with Crippen LogP contribution in [0.3, 0.4) is 0 Å². The first-order chi connectivity index (χ1) is 6.70. The number of rotatable bonds is 2. The molecule has 2 saturated heterocycles. The second-order valence-electron chi connectivity index (χ2n) is 4.18. The highest BCUT2D eigenvalue weighted by molar-refractivity contribution is 5.83. The summed E-state index contributed by atoms with van der Waals surface area (Å²) >= 11 is 0. The van der Waals surface area contributed by atoms with Crippen molar-refractivity contribution in [3.63, 3.8) is 0 Å². The molecular weight excluding hydrogens is 180 g/mol. The smallest absolute Gasteiger partial charge is 0.240 e. The summed E-state index contributed by atoms with van der Waals surface area (Å²) in [6.07, 6.45) is 2.45. The van der Waals surface area contributed by atoms with Gasteiger partial charge in [0.05, 0.1) is 24.9 Å². The Balaban J connectivity index is 1.97. The first-order valence-corrected chi connectivity index (χ1v) is 5.35. The largest absolute Gasteiger partial charge is 0.376 e. The van der Waals surface area contributed by atoms with Crippen molar-refractivity contribution in [1.82, 2.24) is 10.2 Å². The van der Waals surface area contributed by atoms with Gasteiger partial charge in [-0.15, -0.1) is 0 Å². The van der Waals surface area contributed by atoms with Crippen molar-refractivity contribution in [2.45, 2.75) is 44.9 Å². The maximum Gasteiger partial charge on any atom is 0.240 e. The minimum Gasteiger partial charge on any atom is -0.376 e. The molecule has 2 heterocycles. The van der Waals surface area contributed by atoms with Crippen LogP contribution >= 0.6 is 0 Å². The van der Waals surface area contributed by atoms with Gasteiger partial charge in [-0.3, -0.25) is 10.1 Å². The standard InChI is InChI=1S/C10H18N2O2/c1-7-10(13)12(6-11-7)8(2)9-4-3-5-14-9/h7-9,11H,3-6H2,1-2H3. The minimum absolute atomic E-state index is 0.0288. The fraction of sp³-hybridized carbons (Fsp3) is 0.900. The first kappa shape index (κ1) is 9.93. The Labute approximate surface area is 84.6 Å². The molecule has 3 unspecified atom stereocenters. The fourth-order valence-electron chi connectivity index (χ4n) is 2.18. The molecule has 0 radical (unpaired) electrons. The van der Waals surface area contributed by atoms with E-state index < -0.39 is 0 Å². The lowest BCUT2D eigenvalue weighted by Crippen LogP contribution is -2.43. The van der Waals surface area contributed by atoms with E-state index in [1.165, 1.54) is 0 Å². The van der Waals surface area contributed by atoms with Gasteiger partial charge >= 0.3 is 0 Å².